The molecule has 0 aromatic carbocycles. The van der Waals surface area contributed by atoms with Crippen molar-refractivity contribution in [2.24, 2.45) is 0 Å². The third-order valence-corrected chi connectivity index (χ3v) is 2.52. The molecule has 1 aliphatic heterocycles. The topological polar surface area (TPSA) is 21.3 Å². The SMILES string of the molecule is FC(F)COCCC1CCCCCN1. The van der Waals surface area contributed by atoms with Gasteiger partial charge in [-0.15, -0.1) is 0 Å². The van der Waals surface area contributed by atoms with Gasteiger partial charge < -0.3 is 10.1 Å². The van der Waals surface area contributed by atoms with Gasteiger partial charge in [-0.1, -0.05) is 12.8 Å². The van der Waals surface area contributed by atoms with E-state index >= 15 is 0 Å². The molecule has 1 N–H and O–H groups in total. The number of alkyl halides is 2. The molecule has 1 saturated heterocycles. The molecule has 0 spiro atoms. The van der Waals surface area contributed by atoms with E-state index in [1.165, 1.54) is 19.3 Å². The first-order chi connectivity index (χ1) is 6.79. The fourth-order valence-corrected chi connectivity index (χ4v) is 1.75. The summed E-state index contributed by atoms with van der Waals surface area (Å²) in [7, 11) is 0. The van der Waals surface area contributed by atoms with Gasteiger partial charge in [0.15, 0.2) is 0 Å². The number of nitrogens with one attached hydrogen (secondary N) is 1. The van der Waals surface area contributed by atoms with Crippen LogP contribution >= 0.6 is 0 Å². The van der Waals surface area contributed by atoms with Crippen LogP contribution < -0.4 is 5.32 Å². The van der Waals surface area contributed by atoms with E-state index < -0.39 is 13.0 Å². The van der Waals surface area contributed by atoms with Gasteiger partial charge in [-0.3, -0.25) is 0 Å². The first kappa shape index (κ1) is 11.9. The number of ether oxygens (including phenoxy) is 1. The van der Waals surface area contributed by atoms with Crippen molar-refractivity contribution in [1.29, 1.82) is 0 Å². The van der Waals surface area contributed by atoms with Crippen LogP contribution in [0.1, 0.15) is 32.1 Å². The van der Waals surface area contributed by atoms with E-state index in [2.05, 4.69) is 5.32 Å². The van der Waals surface area contributed by atoms with E-state index in [9.17, 15) is 8.78 Å². The molecular weight excluding hydrogens is 188 g/mol. The number of halogens is 2. The Kier molecular flexibility index (Phi) is 6.03. The first-order valence-electron chi connectivity index (χ1n) is 5.38. The summed E-state index contributed by atoms with van der Waals surface area (Å²) < 4.78 is 28.3. The normalized spacial score (nSPS) is 23.8. The summed E-state index contributed by atoms with van der Waals surface area (Å²) in [5, 5.41) is 3.40. The average molecular weight is 207 g/mol. The third-order valence-electron chi connectivity index (χ3n) is 2.52. The monoisotopic (exact) mass is 207 g/mol. The highest BCUT2D eigenvalue weighted by molar-refractivity contribution is 4.70. The molecule has 1 rings (SSSR count). The Morgan fingerprint density at radius 2 is 2.14 bits per heavy atom. The minimum absolute atomic E-state index is 0.424. The number of rotatable bonds is 5. The van der Waals surface area contributed by atoms with Crippen molar-refractivity contribution in [3.63, 3.8) is 0 Å². The number of hydrogen-bond acceptors (Lipinski definition) is 2. The van der Waals surface area contributed by atoms with Crippen LogP contribution in [-0.2, 0) is 4.74 Å². The summed E-state index contributed by atoms with van der Waals surface area (Å²) in [6.45, 7) is 1.08. The molecule has 0 radical (unpaired) electrons. The molecule has 1 fully saturated rings. The predicted molar refractivity (Wildman–Crippen MR) is 51.7 cm³/mol. The second kappa shape index (κ2) is 7.12. The van der Waals surface area contributed by atoms with Gasteiger partial charge in [-0.25, -0.2) is 8.78 Å². The molecule has 0 bridgehead atoms. The smallest absolute Gasteiger partial charge is 0.261 e. The molecule has 1 atom stereocenters. The van der Waals surface area contributed by atoms with E-state index in [4.69, 9.17) is 4.74 Å². The molecule has 1 aliphatic rings. The summed E-state index contributed by atoms with van der Waals surface area (Å²) in [6, 6.07) is 0.468. The van der Waals surface area contributed by atoms with Crippen molar-refractivity contribution in [3.05, 3.63) is 0 Å². The summed E-state index contributed by atoms with van der Waals surface area (Å²) in [4.78, 5) is 0. The zero-order valence-corrected chi connectivity index (χ0v) is 8.48. The van der Waals surface area contributed by atoms with E-state index in [1.54, 1.807) is 0 Å². The lowest BCUT2D eigenvalue weighted by Crippen LogP contribution is -2.29. The zero-order valence-electron chi connectivity index (χ0n) is 8.48. The minimum Gasteiger partial charge on any atom is -0.375 e. The highest BCUT2D eigenvalue weighted by Gasteiger charge is 2.11. The second-order valence-electron chi connectivity index (χ2n) is 3.76. The lowest BCUT2D eigenvalue weighted by Gasteiger charge is -2.15. The average Bonchev–Trinajstić information content (AvgIpc) is 2.40. The molecule has 0 aromatic heterocycles. The summed E-state index contributed by atoms with van der Waals surface area (Å²) in [6.07, 6.45) is 3.42. The molecule has 0 saturated carbocycles. The standard InChI is InChI=1S/C10H19F2NO/c11-10(12)8-14-7-5-9-4-2-1-3-6-13-9/h9-10,13H,1-8H2. The zero-order chi connectivity index (χ0) is 10.2. The maximum atomic E-state index is 11.7. The Bertz CT molecular complexity index is 136. The highest BCUT2D eigenvalue weighted by atomic mass is 19.3. The Labute approximate surface area is 84.0 Å². The first-order valence-corrected chi connectivity index (χ1v) is 5.38. The maximum Gasteiger partial charge on any atom is 0.261 e. The summed E-state index contributed by atoms with van der Waals surface area (Å²) in [5.41, 5.74) is 0. The Morgan fingerprint density at radius 3 is 2.93 bits per heavy atom. The minimum atomic E-state index is -2.34. The van der Waals surface area contributed by atoms with Crippen LogP contribution in [0.5, 0.6) is 0 Å². The van der Waals surface area contributed by atoms with Gasteiger partial charge in [0.25, 0.3) is 6.43 Å². The molecule has 1 heterocycles. The highest BCUT2D eigenvalue weighted by Crippen LogP contribution is 2.10. The molecule has 14 heavy (non-hydrogen) atoms. The summed E-state index contributed by atoms with van der Waals surface area (Å²) >= 11 is 0. The lowest BCUT2D eigenvalue weighted by molar-refractivity contribution is 0.0143. The van der Waals surface area contributed by atoms with E-state index in [1.807, 2.05) is 0 Å². The van der Waals surface area contributed by atoms with Crippen molar-refractivity contribution in [2.45, 2.75) is 44.6 Å². The van der Waals surface area contributed by atoms with Crippen LogP contribution in [0.15, 0.2) is 0 Å². The molecule has 84 valence electrons. The van der Waals surface area contributed by atoms with Crippen molar-refractivity contribution < 1.29 is 13.5 Å². The van der Waals surface area contributed by atoms with Crippen LogP contribution in [0.3, 0.4) is 0 Å². The van der Waals surface area contributed by atoms with Gasteiger partial charge in [0, 0.05) is 12.6 Å². The van der Waals surface area contributed by atoms with Crippen molar-refractivity contribution in [1.82, 2.24) is 5.32 Å². The molecule has 0 amide bonds. The molecule has 1 unspecified atom stereocenters. The van der Waals surface area contributed by atoms with Gasteiger partial charge in [0.05, 0.1) is 0 Å². The van der Waals surface area contributed by atoms with Crippen molar-refractivity contribution in [2.75, 3.05) is 19.8 Å². The van der Waals surface area contributed by atoms with Crippen LogP contribution in [0.25, 0.3) is 0 Å². The maximum absolute atomic E-state index is 11.7. The molecule has 2 nitrogen and oxygen atoms in total. The molecule has 0 aromatic rings. The quantitative estimate of drug-likeness (QED) is 0.698. The molecular formula is C10H19F2NO. The lowest BCUT2D eigenvalue weighted by atomic mass is 10.1. The third kappa shape index (κ3) is 5.50. The fourth-order valence-electron chi connectivity index (χ4n) is 1.75. The van der Waals surface area contributed by atoms with Gasteiger partial charge in [0.1, 0.15) is 6.61 Å². The van der Waals surface area contributed by atoms with Crippen LogP contribution in [0.2, 0.25) is 0 Å². The number of hydrogen-bond donors (Lipinski definition) is 1. The predicted octanol–water partition coefficient (Wildman–Crippen LogP) is 2.19. The Morgan fingerprint density at radius 1 is 1.29 bits per heavy atom. The molecule has 0 aliphatic carbocycles. The van der Waals surface area contributed by atoms with Gasteiger partial charge >= 0.3 is 0 Å². The largest absolute Gasteiger partial charge is 0.375 e. The van der Waals surface area contributed by atoms with Gasteiger partial charge in [-0.2, -0.15) is 0 Å². The van der Waals surface area contributed by atoms with Crippen LogP contribution in [0.4, 0.5) is 8.78 Å². The second-order valence-corrected chi connectivity index (χ2v) is 3.76. The van der Waals surface area contributed by atoms with Crippen molar-refractivity contribution >= 4 is 0 Å². The van der Waals surface area contributed by atoms with Crippen LogP contribution in [-0.4, -0.2) is 32.2 Å². The van der Waals surface area contributed by atoms with E-state index in [-0.39, 0.29) is 0 Å². The van der Waals surface area contributed by atoms with Gasteiger partial charge in [-0.05, 0) is 25.8 Å². The fraction of sp³-hybridized carbons (Fsp3) is 1.00. The van der Waals surface area contributed by atoms with Crippen molar-refractivity contribution in [3.8, 4) is 0 Å². The van der Waals surface area contributed by atoms with E-state index in [0.717, 1.165) is 19.4 Å². The summed E-state index contributed by atoms with van der Waals surface area (Å²) in [5.74, 6) is 0. The Hall–Kier alpha value is -0.220. The van der Waals surface area contributed by atoms with E-state index in [0.29, 0.717) is 12.6 Å². The van der Waals surface area contributed by atoms with Crippen LogP contribution in [0, 0.1) is 0 Å². The molecule has 4 heteroatoms. The van der Waals surface area contributed by atoms with Gasteiger partial charge in [0.2, 0.25) is 0 Å². The Balaban J connectivity index is 1.99.